The fourth-order valence-corrected chi connectivity index (χ4v) is 4.07. The van der Waals surface area contributed by atoms with E-state index in [1.165, 1.54) is 4.70 Å². The number of aryl methyl sites for hydroxylation is 1. The molecule has 0 saturated heterocycles. The molecule has 23 heavy (non-hydrogen) atoms. The van der Waals surface area contributed by atoms with Crippen molar-refractivity contribution in [1.82, 2.24) is 9.97 Å². The van der Waals surface area contributed by atoms with Gasteiger partial charge in [0.05, 0.1) is 20.9 Å². The largest absolute Gasteiger partial charge is 0.455 e. The van der Waals surface area contributed by atoms with Crippen molar-refractivity contribution in [2.75, 3.05) is 0 Å². The van der Waals surface area contributed by atoms with E-state index >= 15 is 0 Å². The third kappa shape index (κ3) is 1.82. The zero-order chi connectivity index (χ0) is 15.4. The molecule has 3 aromatic heterocycles. The maximum Gasteiger partial charge on any atom is 0.144 e. The molecule has 4 heteroatoms. The van der Waals surface area contributed by atoms with E-state index in [1.807, 2.05) is 43.5 Å². The molecule has 0 aliphatic heterocycles. The van der Waals surface area contributed by atoms with Crippen molar-refractivity contribution in [2.45, 2.75) is 6.92 Å². The molecule has 0 fully saturated rings. The van der Waals surface area contributed by atoms with Crippen LogP contribution in [-0.2, 0) is 0 Å². The van der Waals surface area contributed by atoms with E-state index in [9.17, 15) is 0 Å². The van der Waals surface area contributed by atoms with Crippen molar-refractivity contribution in [1.29, 1.82) is 0 Å². The average molecular weight is 316 g/mol. The van der Waals surface area contributed by atoms with Crippen molar-refractivity contribution < 1.29 is 4.42 Å². The topological polar surface area (TPSA) is 38.9 Å². The summed E-state index contributed by atoms with van der Waals surface area (Å²) < 4.78 is 7.39. The molecular formula is C19H12N2OS. The molecule has 0 aliphatic carbocycles. The van der Waals surface area contributed by atoms with Crippen LogP contribution in [0.3, 0.4) is 0 Å². The van der Waals surface area contributed by atoms with Gasteiger partial charge in [-0.05, 0) is 37.3 Å². The predicted molar refractivity (Wildman–Crippen MR) is 94.9 cm³/mol. The van der Waals surface area contributed by atoms with Crippen LogP contribution in [0.1, 0.15) is 5.01 Å². The van der Waals surface area contributed by atoms with Crippen molar-refractivity contribution in [3.63, 3.8) is 0 Å². The van der Waals surface area contributed by atoms with Gasteiger partial charge >= 0.3 is 0 Å². The minimum atomic E-state index is 0.889. The summed E-state index contributed by atoms with van der Waals surface area (Å²) >= 11 is 1.72. The summed E-state index contributed by atoms with van der Waals surface area (Å²) in [5.74, 6) is 0. The Bertz CT molecular complexity index is 1170. The number of nitrogens with zero attached hydrogens (tertiary/aromatic N) is 2. The van der Waals surface area contributed by atoms with Crippen LogP contribution < -0.4 is 0 Å². The first kappa shape index (κ1) is 12.8. The second kappa shape index (κ2) is 4.64. The molecule has 3 heterocycles. The van der Waals surface area contributed by atoms with E-state index in [0.29, 0.717) is 0 Å². The molecule has 0 atom stereocenters. The summed E-state index contributed by atoms with van der Waals surface area (Å²) in [7, 11) is 0. The number of benzene rings is 2. The monoisotopic (exact) mass is 316 g/mol. The normalized spacial score (nSPS) is 11.7. The molecule has 0 saturated carbocycles. The summed E-state index contributed by atoms with van der Waals surface area (Å²) in [5.41, 5.74) is 4.77. The average Bonchev–Trinajstić information content (AvgIpc) is 3.14. The molecular weight excluding hydrogens is 304 g/mol. The number of fused-ring (bicyclic) bond motifs is 5. The highest BCUT2D eigenvalue weighted by molar-refractivity contribution is 7.19. The SMILES string of the molecule is Cc1nc2ccc3oc4c(-c5ccccn5)cccc4c3c2s1. The van der Waals surface area contributed by atoms with Gasteiger partial charge in [0.2, 0.25) is 0 Å². The van der Waals surface area contributed by atoms with Crippen molar-refractivity contribution in [3.8, 4) is 11.3 Å². The van der Waals surface area contributed by atoms with Gasteiger partial charge in [0, 0.05) is 22.5 Å². The molecule has 0 aliphatic rings. The van der Waals surface area contributed by atoms with Crippen LogP contribution in [-0.4, -0.2) is 9.97 Å². The predicted octanol–water partition coefficient (Wildman–Crippen LogP) is 5.57. The summed E-state index contributed by atoms with van der Waals surface area (Å²) in [4.78, 5) is 9.06. The van der Waals surface area contributed by atoms with Crippen molar-refractivity contribution in [3.05, 3.63) is 59.7 Å². The van der Waals surface area contributed by atoms with Gasteiger partial charge in [-0.3, -0.25) is 4.98 Å². The number of rotatable bonds is 1. The Morgan fingerprint density at radius 3 is 2.83 bits per heavy atom. The van der Waals surface area contributed by atoms with Gasteiger partial charge in [-0.1, -0.05) is 18.2 Å². The van der Waals surface area contributed by atoms with E-state index in [0.717, 1.165) is 43.7 Å². The smallest absolute Gasteiger partial charge is 0.144 e. The number of hydrogen-bond donors (Lipinski definition) is 0. The quantitative estimate of drug-likeness (QED) is 0.406. The van der Waals surface area contributed by atoms with Crippen molar-refractivity contribution >= 4 is 43.5 Å². The van der Waals surface area contributed by atoms with Gasteiger partial charge in [-0.25, -0.2) is 4.98 Å². The lowest BCUT2D eigenvalue weighted by Gasteiger charge is -2.00. The molecule has 2 aromatic carbocycles. The van der Waals surface area contributed by atoms with Crippen LogP contribution in [0.5, 0.6) is 0 Å². The highest BCUT2D eigenvalue weighted by Crippen LogP contribution is 2.40. The van der Waals surface area contributed by atoms with Gasteiger partial charge < -0.3 is 4.42 Å². The van der Waals surface area contributed by atoms with Crippen LogP contribution >= 0.6 is 11.3 Å². The van der Waals surface area contributed by atoms with E-state index in [-0.39, 0.29) is 0 Å². The Labute approximate surface area is 136 Å². The van der Waals surface area contributed by atoms with E-state index < -0.39 is 0 Å². The number of pyridine rings is 1. The molecule has 0 amide bonds. The minimum absolute atomic E-state index is 0.889. The van der Waals surface area contributed by atoms with Crippen LogP contribution in [0, 0.1) is 6.92 Å². The molecule has 3 nitrogen and oxygen atoms in total. The minimum Gasteiger partial charge on any atom is -0.455 e. The first-order valence-corrected chi connectivity index (χ1v) is 8.26. The molecule has 0 N–H and O–H groups in total. The molecule has 0 radical (unpaired) electrons. The Hall–Kier alpha value is -2.72. The second-order valence-corrected chi connectivity index (χ2v) is 6.72. The Balaban J connectivity index is 1.96. The molecule has 0 bridgehead atoms. The third-order valence-electron chi connectivity index (χ3n) is 4.06. The summed E-state index contributed by atoms with van der Waals surface area (Å²) in [6.45, 7) is 2.04. The highest BCUT2D eigenvalue weighted by atomic mass is 32.1. The zero-order valence-corrected chi connectivity index (χ0v) is 13.2. The van der Waals surface area contributed by atoms with Gasteiger partial charge in [0.15, 0.2) is 0 Å². The van der Waals surface area contributed by atoms with E-state index in [4.69, 9.17) is 4.42 Å². The number of thiazole rings is 1. The lowest BCUT2D eigenvalue weighted by atomic mass is 10.1. The molecule has 5 aromatic rings. The molecule has 0 unspecified atom stereocenters. The highest BCUT2D eigenvalue weighted by Gasteiger charge is 2.16. The van der Waals surface area contributed by atoms with Crippen LogP contribution in [0.25, 0.3) is 43.4 Å². The lowest BCUT2D eigenvalue weighted by molar-refractivity contribution is 0.670. The summed E-state index contributed by atoms with van der Waals surface area (Å²) in [6, 6.07) is 16.2. The first-order chi connectivity index (χ1) is 11.3. The number of para-hydroxylation sites is 1. The van der Waals surface area contributed by atoms with Gasteiger partial charge in [0.1, 0.15) is 11.2 Å². The Morgan fingerprint density at radius 1 is 1.00 bits per heavy atom. The number of furan rings is 1. The van der Waals surface area contributed by atoms with Crippen LogP contribution in [0.15, 0.2) is 59.1 Å². The zero-order valence-electron chi connectivity index (χ0n) is 12.4. The number of aromatic nitrogens is 2. The lowest BCUT2D eigenvalue weighted by Crippen LogP contribution is -1.81. The maximum absolute atomic E-state index is 6.19. The van der Waals surface area contributed by atoms with Gasteiger partial charge in [-0.2, -0.15) is 0 Å². The maximum atomic E-state index is 6.19. The summed E-state index contributed by atoms with van der Waals surface area (Å²) in [6.07, 6.45) is 1.81. The summed E-state index contributed by atoms with van der Waals surface area (Å²) in [5, 5.41) is 3.35. The van der Waals surface area contributed by atoms with Gasteiger partial charge in [0.25, 0.3) is 0 Å². The third-order valence-corrected chi connectivity index (χ3v) is 5.07. The second-order valence-electron chi connectivity index (χ2n) is 5.52. The fourth-order valence-electron chi connectivity index (χ4n) is 3.10. The number of hydrogen-bond acceptors (Lipinski definition) is 4. The molecule has 110 valence electrons. The fraction of sp³-hybridized carbons (Fsp3) is 0.0526. The van der Waals surface area contributed by atoms with Crippen molar-refractivity contribution in [2.24, 2.45) is 0 Å². The molecule has 5 rings (SSSR count). The Morgan fingerprint density at radius 2 is 1.96 bits per heavy atom. The van der Waals surface area contributed by atoms with E-state index in [1.54, 1.807) is 11.3 Å². The van der Waals surface area contributed by atoms with E-state index in [2.05, 4.69) is 28.2 Å². The van der Waals surface area contributed by atoms with Gasteiger partial charge in [-0.15, -0.1) is 11.3 Å². The first-order valence-electron chi connectivity index (χ1n) is 7.44. The standard InChI is InChI=1S/C19H12N2OS/c1-11-21-15-8-9-16-17(19(15)23-11)13-6-4-5-12(18(13)22-16)14-7-2-3-10-20-14/h2-10H,1H3. The van der Waals surface area contributed by atoms with Crippen LogP contribution in [0.4, 0.5) is 0 Å². The molecule has 0 spiro atoms. The van der Waals surface area contributed by atoms with Crippen LogP contribution in [0.2, 0.25) is 0 Å². The Kier molecular flexibility index (Phi) is 2.58.